The van der Waals surface area contributed by atoms with Crippen molar-refractivity contribution in [2.75, 3.05) is 6.61 Å². The maximum atomic E-state index is 12.5. The number of rotatable bonds is 6. The fourth-order valence-electron chi connectivity index (χ4n) is 3.64. The molecule has 1 aromatic heterocycles. The smallest absolute Gasteiger partial charge is 0.258 e. The van der Waals surface area contributed by atoms with Gasteiger partial charge < -0.3 is 9.72 Å². The lowest BCUT2D eigenvalue weighted by molar-refractivity contribution is -0.122. The Bertz CT molecular complexity index is 1040. The molecule has 4 N–H and O–H groups in total. The highest BCUT2D eigenvalue weighted by Gasteiger charge is 2.30. The molecule has 29 heavy (non-hydrogen) atoms. The first kappa shape index (κ1) is 19.2. The molecule has 150 valence electrons. The Morgan fingerprint density at radius 3 is 2.97 bits per heavy atom. The molecule has 7 heteroatoms. The molecule has 3 aromatic rings. The normalized spacial score (nSPS) is 19.1. The molecule has 7 nitrogen and oxygen atoms in total. The molecule has 2 heterocycles. The molecule has 1 saturated heterocycles. The van der Waals surface area contributed by atoms with Gasteiger partial charge in [-0.3, -0.25) is 4.79 Å². The minimum absolute atomic E-state index is 0.0333. The second kappa shape index (κ2) is 8.46. The molecule has 2 unspecified atom stereocenters. The number of aryl methyl sites for hydroxylation is 1. The number of carbonyl (C=O) groups is 1. The van der Waals surface area contributed by atoms with Crippen molar-refractivity contribution in [2.45, 2.75) is 32.4 Å². The molecule has 2 aromatic carbocycles. The first-order valence-corrected chi connectivity index (χ1v) is 9.79. The Balaban J connectivity index is 1.38. The summed E-state index contributed by atoms with van der Waals surface area (Å²) in [5.74, 6) is 0.660. The number of para-hydroxylation sites is 1. The van der Waals surface area contributed by atoms with Crippen LogP contribution in [-0.2, 0) is 4.79 Å². The van der Waals surface area contributed by atoms with Crippen molar-refractivity contribution in [1.29, 1.82) is 0 Å². The molecule has 1 aliphatic rings. The van der Waals surface area contributed by atoms with Crippen molar-refractivity contribution in [2.24, 2.45) is 5.10 Å². The molecule has 0 saturated carbocycles. The maximum absolute atomic E-state index is 12.5. The molecule has 2 atom stereocenters. The molecule has 1 fully saturated rings. The van der Waals surface area contributed by atoms with E-state index in [1.807, 2.05) is 62.4 Å². The van der Waals surface area contributed by atoms with Gasteiger partial charge in [-0.2, -0.15) is 5.10 Å². The number of aromatic amines is 1. The maximum Gasteiger partial charge on any atom is 0.258 e. The van der Waals surface area contributed by atoms with Gasteiger partial charge in [0.25, 0.3) is 5.91 Å². The quantitative estimate of drug-likeness (QED) is 0.384. The minimum atomic E-state index is -0.364. The summed E-state index contributed by atoms with van der Waals surface area (Å²) in [6, 6.07) is 15.6. The Morgan fingerprint density at radius 1 is 1.24 bits per heavy atom. The number of ether oxygens (including phenoxy) is 1. The standard InChI is InChI=1S/C22H25N5O2/c1-3-29-16-8-6-7-15(11-16)20-12-21(26-25-20)22(28)27-23-13-18-14(2)24-19-10-5-4-9-17(18)19/h4-11,13,20-21,24-26H,3,12H2,1-2H3,(H,27,28)/b23-13+. The Morgan fingerprint density at radius 2 is 2.10 bits per heavy atom. The summed E-state index contributed by atoms with van der Waals surface area (Å²) in [5, 5.41) is 5.25. The van der Waals surface area contributed by atoms with Crippen molar-refractivity contribution in [1.82, 2.24) is 21.3 Å². The van der Waals surface area contributed by atoms with E-state index < -0.39 is 0 Å². The van der Waals surface area contributed by atoms with Gasteiger partial charge in [0.15, 0.2) is 0 Å². The van der Waals surface area contributed by atoms with E-state index in [1.165, 1.54) is 0 Å². The van der Waals surface area contributed by atoms with Crippen molar-refractivity contribution >= 4 is 23.0 Å². The van der Waals surface area contributed by atoms with E-state index in [2.05, 4.69) is 26.4 Å². The number of nitrogens with one attached hydrogen (secondary N) is 4. The zero-order valence-corrected chi connectivity index (χ0v) is 16.5. The van der Waals surface area contributed by atoms with Gasteiger partial charge in [0.2, 0.25) is 0 Å². The SMILES string of the molecule is CCOc1cccc(C2CC(C(=O)N/N=C/c3c(C)[nH]c4ccccc34)NN2)c1. The fraction of sp³-hybridized carbons (Fsp3) is 0.273. The minimum Gasteiger partial charge on any atom is -0.494 e. The fourth-order valence-corrected chi connectivity index (χ4v) is 3.64. The van der Waals surface area contributed by atoms with E-state index in [1.54, 1.807) is 6.21 Å². The number of H-pyrrole nitrogens is 1. The van der Waals surface area contributed by atoms with E-state index in [0.29, 0.717) is 13.0 Å². The third kappa shape index (κ3) is 4.16. The van der Waals surface area contributed by atoms with Gasteiger partial charge in [-0.25, -0.2) is 16.3 Å². The van der Waals surface area contributed by atoms with Crippen LogP contribution in [0.4, 0.5) is 0 Å². The van der Waals surface area contributed by atoms with Crippen LogP contribution >= 0.6 is 0 Å². The lowest BCUT2D eigenvalue weighted by Gasteiger charge is -2.11. The highest BCUT2D eigenvalue weighted by molar-refractivity contribution is 6.00. The van der Waals surface area contributed by atoms with Gasteiger partial charge in [0.1, 0.15) is 11.8 Å². The zero-order chi connectivity index (χ0) is 20.2. The van der Waals surface area contributed by atoms with Gasteiger partial charge in [0, 0.05) is 28.2 Å². The predicted octanol–water partition coefficient (Wildman–Crippen LogP) is 2.93. The molecule has 4 rings (SSSR count). The molecule has 0 spiro atoms. The number of benzene rings is 2. The number of hydrogen-bond donors (Lipinski definition) is 4. The molecular formula is C22H25N5O2. The van der Waals surface area contributed by atoms with Crippen LogP contribution < -0.4 is 21.0 Å². The zero-order valence-electron chi connectivity index (χ0n) is 16.5. The van der Waals surface area contributed by atoms with Gasteiger partial charge in [0.05, 0.1) is 12.8 Å². The summed E-state index contributed by atoms with van der Waals surface area (Å²) in [4.78, 5) is 15.8. The average Bonchev–Trinajstić information content (AvgIpc) is 3.34. The predicted molar refractivity (Wildman–Crippen MR) is 114 cm³/mol. The molecule has 0 radical (unpaired) electrons. The monoisotopic (exact) mass is 391 g/mol. The second-order valence-electron chi connectivity index (χ2n) is 7.08. The number of hydrazine groups is 1. The number of hydrazone groups is 1. The summed E-state index contributed by atoms with van der Waals surface area (Å²) < 4.78 is 5.56. The number of fused-ring (bicyclic) bond motifs is 1. The summed E-state index contributed by atoms with van der Waals surface area (Å²) in [7, 11) is 0. The van der Waals surface area contributed by atoms with Crippen LogP contribution in [0.3, 0.4) is 0 Å². The third-order valence-electron chi connectivity index (χ3n) is 5.10. The third-order valence-corrected chi connectivity index (χ3v) is 5.10. The Labute approximate surface area is 169 Å². The number of hydrogen-bond acceptors (Lipinski definition) is 5. The van der Waals surface area contributed by atoms with Crippen LogP contribution in [0.2, 0.25) is 0 Å². The first-order valence-electron chi connectivity index (χ1n) is 9.79. The summed E-state index contributed by atoms with van der Waals surface area (Å²) in [6.07, 6.45) is 2.32. The van der Waals surface area contributed by atoms with Gasteiger partial charge in [-0.1, -0.05) is 30.3 Å². The van der Waals surface area contributed by atoms with E-state index in [4.69, 9.17) is 4.74 Å². The molecule has 0 bridgehead atoms. The molecule has 1 aliphatic heterocycles. The van der Waals surface area contributed by atoms with E-state index in [0.717, 1.165) is 33.5 Å². The lowest BCUT2D eigenvalue weighted by atomic mass is 10.0. The largest absolute Gasteiger partial charge is 0.494 e. The molecular weight excluding hydrogens is 366 g/mol. The average molecular weight is 391 g/mol. The van der Waals surface area contributed by atoms with E-state index >= 15 is 0 Å². The van der Waals surface area contributed by atoms with Gasteiger partial charge in [-0.15, -0.1) is 0 Å². The molecule has 1 amide bonds. The van der Waals surface area contributed by atoms with Gasteiger partial charge in [-0.05, 0) is 44.0 Å². The number of aromatic nitrogens is 1. The van der Waals surface area contributed by atoms with Crippen LogP contribution in [0.15, 0.2) is 53.6 Å². The van der Waals surface area contributed by atoms with Crippen molar-refractivity contribution in [3.63, 3.8) is 0 Å². The Kier molecular flexibility index (Phi) is 5.59. The number of amides is 1. The number of nitrogens with zero attached hydrogens (tertiary/aromatic N) is 1. The van der Waals surface area contributed by atoms with Crippen LogP contribution in [0.1, 0.15) is 36.2 Å². The van der Waals surface area contributed by atoms with Crippen LogP contribution in [0.5, 0.6) is 5.75 Å². The van der Waals surface area contributed by atoms with Crippen molar-refractivity contribution in [3.05, 3.63) is 65.4 Å². The van der Waals surface area contributed by atoms with Crippen LogP contribution in [-0.4, -0.2) is 29.8 Å². The van der Waals surface area contributed by atoms with Gasteiger partial charge >= 0.3 is 0 Å². The van der Waals surface area contributed by atoms with Crippen molar-refractivity contribution in [3.8, 4) is 5.75 Å². The highest BCUT2D eigenvalue weighted by atomic mass is 16.5. The number of carbonyl (C=O) groups excluding carboxylic acids is 1. The van der Waals surface area contributed by atoms with Crippen LogP contribution in [0, 0.1) is 6.92 Å². The summed E-state index contributed by atoms with van der Waals surface area (Å²) in [5.41, 5.74) is 13.0. The van der Waals surface area contributed by atoms with E-state index in [-0.39, 0.29) is 18.0 Å². The summed E-state index contributed by atoms with van der Waals surface area (Å²) >= 11 is 0. The highest BCUT2D eigenvalue weighted by Crippen LogP contribution is 2.25. The second-order valence-corrected chi connectivity index (χ2v) is 7.08. The summed E-state index contributed by atoms with van der Waals surface area (Å²) in [6.45, 7) is 4.58. The van der Waals surface area contributed by atoms with Crippen molar-refractivity contribution < 1.29 is 9.53 Å². The topological polar surface area (TPSA) is 90.5 Å². The first-order chi connectivity index (χ1) is 14.2. The molecule has 0 aliphatic carbocycles. The van der Waals surface area contributed by atoms with E-state index in [9.17, 15) is 4.79 Å². The van der Waals surface area contributed by atoms with Crippen LogP contribution in [0.25, 0.3) is 10.9 Å². The Hall–Kier alpha value is -3.16. The lowest BCUT2D eigenvalue weighted by Crippen LogP contribution is -2.41.